The number of β-amino-alcohol motifs (C(OH)–C–C–N with tert-alkyl or cyclic N) is 1. The fourth-order valence-corrected chi connectivity index (χ4v) is 12.9. The number of methoxy groups -OCH3 is 2. The van der Waals surface area contributed by atoms with Gasteiger partial charge in [-0.15, -0.1) is 0 Å². The fraction of sp³-hybridized carbons (Fsp3) is 0.620. The van der Waals surface area contributed by atoms with Crippen LogP contribution in [0.25, 0.3) is 10.9 Å². The maximum Gasteiger partial charge on any atom is 0.322 e. The minimum absolute atomic E-state index is 0.0581. The Kier molecular flexibility index (Phi) is 13.2. The number of esters is 2. The van der Waals surface area contributed by atoms with E-state index in [2.05, 4.69) is 51.3 Å². The summed E-state index contributed by atoms with van der Waals surface area (Å²) < 4.78 is 16.4. The molecule has 9 atom stereocenters. The van der Waals surface area contributed by atoms with E-state index in [1.54, 1.807) is 14.0 Å². The second-order valence-corrected chi connectivity index (χ2v) is 19.6. The van der Waals surface area contributed by atoms with Crippen LogP contribution < -0.4 is 20.7 Å². The van der Waals surface area contributed by atoms with E-state index in [4.69, 9.17) is 19.9 Å². The third-order valence-electron chi connectivity index (χ3n) is 16.0. The molecule has 1 amide bonds. The number of carbonyl (C=O) groups is 3. The highest BCUT2D eigenvalue weighted by Gasteiger charge is 2.78. The second-order valence-electron chi connectivity index (χ2n) is 19.6. The van der Waals surface area contributed by atoms with Crippen LogP contribution in [-0.2, 0) is 48.5 Å². The molecule has 3 fully saturated rings. The summed E-state index contributed by atoms with van der Waals surface area (Å²) in [5.41, 5.74) is 6.85. The highest BCUT2D eigenvalue weighted by Crippen LogP contribution is 2.67. The molecule has 5 aliphatic rings. The van der Waals surface area contributed by atoms with Crippen molar-refractivity contribution in [3.63, 3.8) is 0 Å². The number of nitrogens with one attached hydrogen (secondary N) is 2. The zero-order valence-corrected chi connectivity index (χ0v) is 39.0. The van der Waals surface area contributed by atoms with Crippen LogP contribution in [0, 0.1) is 11.3 Å². The van der Waals surface area contributed by atoms with Gasteiger partial charge < -0.3 is 50.5 Å². The smallest absolute Gasteiger partial charge is 0.322 e. The minimum Gasteiger partial charge on any atom is -0.496 e. The molecule has 0 radical (unpaired) electrons. The highest BCUT2D eigenvalue weighted by atomic mass is 16.5. The number of nitrogens with zero attached hydrogens (tertiary/aromatic N) is 3. The van der Waals surface area contributed by atoms with Crippen LogP contribution in [0.4, 0.5) is 5.69 Å². The number of aliphatic hydroxyl groups excluding tert-OH is 1. The van der Waals surface area contributed by atoms with E-state index in [1.165, 1.54) is 7.11 Å². The Hall–Kier alpha value is -4.51. The van der Waals surface area contributed by atoms with Crippen molar-refractivity contribution in [1.82, 2.24) is 20.1 Å². The number of rotatable bonds is 17. The number of aromatic amines is 1. The molecule has 15 heteroatoms. The van der Waals surface area contributed by atoms with Gasteiger partial charge in [0.1, 0.15) is 17.9 Å². The molecule has 0 bridgehead atoms. The number of hydrogen-bond acceptors (Lipinski definition) is 13. The zero-order chi connectivity index (χ0) is 46.5. The van der Waals surface area contributed by atoms with E-state index in [1.807, 2.05) is 43.1 Å². The van der Waals surface area contributed by atoms with E-state index in [0.717, 1.165) is 70.8 Å². The van der Waals surface area contributed by atoms with Crippen molar-refractivity contribution in [3.8, 4) is 5.75 Å². The van der Waals surface area contributed by atoms with Crippen LogP contribution in [0.3, 0.4) is 0 Å². The van der Waals surface area contributed by atoms with E-state index in [0.29, 0.717) is 58.0 Å². The number of ether oxygens (including phenoxy) is 3. The van der Waals surface area contributed by atoms with Crippen molar-refractivity contribution < 1.29 is 43.9 Å². The number of hydrogen-bond donors (Lipinski definition) is 6. The molecule has 354 valence electrons. The molecule has 15 nitrogen and oxygen atoms in total. The molecule has 1 aliphatic carbocycles. The maximum atomic E-state index is 14.6. The molecule has 1 aromatic heterocycles. The standard InChI is InChI=1S/C50H70N6O9/c1-7-47(61)28-32(29-55(30-47)22-17-35-34-13-9-10-14-37(34)53-38(35)26-41(57)64-6)15-16-33-25-36-39(27-40(33)63-5)54(4)44-49(36)19-23-56-21-11-18-48(8-2,43(49)56)45(59)50(44,62)46(60)52-20-12-24-65-42(58)31(3)51/h9-11,13-14,18,25,27,31-32,43-45,53,59,61-62H,7-8,12,15-17,19-24,26,28-30,51H2,1-6H3,(H,52,60)/t31?,32?,43?,44?,45-,47?,48-,49?,50+/m1/s1. The summed E-state index contributed by atoms with van der Waals surface area (Å²) in [5, 5.41) is 41.7. The summed E-state index contributed by atoms with van der Waals surface area (Å²) in [6, 6.07) is 10.7. The Balaban J connectivity index is 1.07. The second kappa shape index (κ2) is 18.3. The van der Waals surface area contributed by atoms with Crippen LogP contribution in [0.5, 0.6) is 5.75 Å². The number of likely N-dealkylation sites (N-methyl/N-ethyl adjacent to an activating group) is 1. The molecular formula is C50H70N6O9. The number of benzene rings is 2. The number of fused-ring (bicyclic) bond motifs is 2. The van der Waals surface area contributed by atoms with Gasteiger partial charge in [-0.2, -0.15) is 0 Å². The van der Waals surface area contributed by atoms with Crippen molar-refractivity contribution in [2.24, 2.45) is 17.1 Å². The normalized spacial score (nSPS) is 31.0. The van der Waals surface area contributed by atoms with Crippen LogP contribution in [0.15, 0.2) is 48.6 Å². The van der Waals surface area contributed by atoms with Crippen molar-refractivity contribution in [2.75, 3.05) is 72.0 Å². The van der Waals surface area contributed by atoms with Crippen LogP contribution in [0.2, 0.25) is 0 Å². The lowest BCUT2D eigenvalue weighted by Crippen LogP contribution is -2.81. The van der Waals surface area contributed by atoms with Gasteiger partial charge in [-0.05, 0) is 99.6 Å². The number of aromatic nitrogens is 1. The van der Waals surface area contributed by atoms with Gasteiger partial charge in [0.15, 0.2) is 5.60 Å². The van der Waals surface area contributed by atoms with E-state index < -0.39 is 52.1 Å². The summed E-state index contributed by atoms with van der Waals surface area (Å²) in [7, 11) is 4.99. The number of piperidine rings is 1. The number of para-hydroxylation sites is 1. The van der Waals surface area contributed by atoms with Crippen LogP contribution in [0.1, 0.15) is 81.7 Å². The average molecular weight is 899 g/mol. The van der Waals surface area contributed by atoms with Crippen molar-refractivity contribution in [1.29, 1.82) is 0 Å². The molecular weight excluding hydrogens is 829 g/mol. The maximum absolute atomic E-state index is 14.6. The lowest BCUT2D eigenvalue weighted by atomic mass is 9.47. The molecule has 1 spiro atoms. The summed E-state index contributed by atoms with van der Waals surface area (Å²) in [5.74, 6) is -0.565. The first-order chi connectivity index (χ1) is 31.1. The van der Waals surface area contributed by atoms with Crippen molar-refractivity contribution >= 4 is 34.4 Å². The molecule has 3 aromatic rings. The third-order valence-corrected chi connectivity index (χ3v) is 16.0. The molecule has 6 unspecified atom stereocenters. The number of aliphatic hydroxyl groups is 3. The van der Waals surface area contributed by atoms with Gasteiger partial charge in [-0.1, -0.05) is 44.2 Å². The summed E-state index contributed by atoms with van der Waals surface area (Å²) in [6.07, 6.45) is 7.91. The summed E-state index contributed by atoms with van der Waals surface area (Å²) in [4.78, 5) is 49.2. The SMILES string of the molecule is CCC1(O)CC(CCc2cc3c(cc2OC)N(C)C2C34CCN3CC=C[C@](CC)(C34)[C@@H](O)[C@]2(O)C(=O)NCCCOC(=O)C(C)N)CN(CCc2c(CC(=O)OC)[nH]c3ccccc23)C1. The summed E-state index contributed by atoms with van der Waals surface area (Å²) in [6.45, 7) is 9.38. The third kappa shape index (κ3) is 7.93. The quantitative estimate of drug-likeness (QED) is 0.0657. The van der Waals surface area contributed by atoms with Crippen LogP contribution in [-0.4, -0.2) is 151 Å². The van der Waals surface area contributed by atoms with Gasteiger partial charge in [0.2, 0.25) is 0 Å². The number of likely N-dealkylation sites (tertiary alicyclic amines) is 1. The number of aryl methyl sites for hydroxylation is 1. The van der Waals surface area contributed by atoms with Gasteiger partial charge in [0.05, 0.1) is 38.9 Å². The Labute approximate surface area is 382 Å². The first-order valence-corrected chi connectivity index (χ1v) is 23.7. The number of nitrogens with two attached hydrogens (primary N) is 1. The van der Waals surface area contributed by atoms with Crippen LogP contribution >= 0.6 is 0 Å². The monoisotopic (exact) mass is 899 g/mol. The van der Waals surface area contributed by atoms with E-state index >= 15 is 0 Å². The Morgan fingerprint density at radius 1 is 1.08 bits per heavy atom. The Morgan fingerprint density at radius 2 is 1.86 bits per heavy atom. The molecule has 2 saturated heterocycles. The van der Waals surface area contributed by atoms with Gasteiger partial charge in [-0.25, -0.2) is 0 Å². The number of carbonyl (C=O) groups excluding carboxylic acids is 3. The van der Waals surface area contributed by atoms with Gasteiger partial charge in [0.25, 0.3) is 5.91 Å². The van der Waals surface area contributed by atoms with E-state index in [-0.39, 0.29) is 37.5 Å². The predicted molar refractivity (Wildman–Crippen MR) is 248 cm³/mol. The molecule has 7 N–H and O–H groups in total. The highest BCUT2D eigenvalue weighted by molar-refractivity contribution is 5.90. The van der Waals surface area contributed by atoms with Gasteiger partial charge in [-0.3, -0.25) is 24.2 Å². The first kappa shape index (κ1) is 47.0. The zero-order valence-electron chi connectivity index (χ0n) is 39.0. The minimum atomic E-state index is -2.21. The average Bonchev–Trinajstić information content (AvgIpc) is 3.94. The lowest BCUT2D eigenvalue weighted by molar-refractivity contribution is -0.203. The van der Waals surface area contributed by atoms with E-state index in [9.17, 15) is 29.7 Å². The Bertz CT molecular complexity index is 2300. The molecule has 2 aromatic carbocycles. The topological polar surface area (TPSA) is 203 Å². The molecule has 5 heterocycles. The molecule has 1 saturated carbocycles. The molecule has 65 heavy (non-hydrogen) atoms. The first-order valence-electron chi connectivity index (χ1n) is 23.7. The predicted octanol–water partition coefficient (Wildman–Crippen LogP) is 3.13. The number of H-pyrrole nitrogens is 1. The lowest BCUT2D eigenvalue weighted by Gasteiger charge is -2.63. The van der Waals surface area contributed by atoms with Gasteiger partial charge >= 0.3 is 11.9 Å². The Morgan fingerprint density at radius 3 is 2.58 bits per heavy atom. The number of anilines is 1. The number of amides is 1. The van der Waals surface area contributed by atoms with Gasteiger partial charge in [0, 0.05) is 85.0 Å². The fourth-order valence-electron chi connectivity index (χ4n) is 12.9. The van der Waals surface area contributed by atoms with Crippen molar-refractivity contribution in [3.05, 3.63) is 70.9 Å². The summed E-state index contributed by atoms with van der Waals surface area (Å²) >= 11 is 0. The molecule has 4 aliphatic heterocycles. The molecule has 8 rings (SSSR count). The van der Waals surface area contributed by atoms with Crippen molar-refractivity contribution in [2.45, 2.75) is 119 Å². The largest absolute Gasteiger partial charge is 0.496 e.